The summed E-state index contributed by atoms with van der Waals surface area (Å²) >= 11 is 1.48. The van der Waals surface area contributed by atoms with Crippen LogP contribution in [-0.2, 0) is 13.1 Å². The molecule has 2 aromatic heterocycles. The first kappa shape index (κ1) is 15.5. The monoisotopic (exact) mass is 305 g/mol. The molecule has 6 heteroatoms. The van der Waals surface area contributed by atoms with E-state index in [2.05, 4.69) is 10.2 Å². The number of aromatic nitrogens is 1. The Hall–Kier alpha value is -1.92. The standard InChI is InChI=1S/C15H19N3O2S/c1-4-18-9-11(5-8-14(18)19)16-15(20)13-7-6-12(21-13)10-17(2)3/h5-9H,4,10H2,1-3H3,(H,16,20). The summed E-state index contributed by atoms with van der Waals surface area (Å²) in [5.74, 6) is -0.147. The minimum Gasteiger partial charge on any atom is -0.320 e. The molecule has 1 amide bonds. The van der Waals surface area contributed by atoms with Crippen molar-refractivity contribution in [1.29, 1.82) is 0 Å². The van der Waals surface area contributed by atoms with Crippen molar-refractivity contribution in [3.63, 3.8) is 0 Å². The topological polar surface area (TPSA) is 54.3 Å². The minimum absolute atomic E-state index is 0.0695. The van der Waals surface area contributed by atoms with Crippen LogP contribution in [0.3, 0.4) is 0 Å². The molecule has 0 aromatic carbocycles. The van der Waals surface area contributed by atoms with Crippen LogP contribution in [-0.4, -0.2) is 29.5 Å². The fraction of sp³-hybridized carbons (Fsp3) is 0.333. The van der Waals surface area contributed by atoms with Crippen LogP contribution in [0.15, 0.2) is 35.3 Å². The molecule has 2 heterocycles. The van der Waals surface area contributed by atoms with Gasteiger partial charge in [-0.15, -0.1) is 11.3 Å². The molecule has 0 saturated heterocycles. The van der Waals surface area contributed by atoms with Gasteiger partial charge in [0, 0.05) is 30.2 Å². The van der Waals surface area contributed by atoms with Crippen molar-refractivity contribution >= 4 is 22.9 Å². The molecule has 0 aliphatic rings. The molecule has 0 radical (unpaired) electrons. The van der Waals surface area contributed by atoms with Gasteiger partial charge in [0.2, 0.25) is 0 Å². The smallest absolute Gasteiger partial charge is 0.265 e. The highest BCUT2D eigenvalue weighted by molar-refractivity contribution is 7.14. The van der Waals surface area contributed by atoms with Gasteiger partial charge in [-0.3, -0.25) is 9.59 Å². The van der Waals surface area contributed by atoms with E-state index >= 15 is 0 Å². The van der Waals surface area contributed by atoms with Gasteiger partial charge in [0.15, 0.2) is 0 Å². The van der Waals surface area contributed by atoms with Crippen LogP contribution < -0.4 is 10.9 Å². The highest BCUT2D eigenvalue weighted by Gasteiger charge is 2.10. The minimum atomic E-state index is -0.147. The molecule has 5 nitrogen and oxygen atoms in total. The molecule has 0 aliphatic heterocycles. The molecular formula is C15H19N3O2S. The van der Waals surface area contributed by atoms with Crippen LogP contribution in [0.1, 0.15) is 21.5 Å². The summed E-state index contributed by atoms with van der Waals surface area (Å²) in [4.78, 5) is 27.6. The Morgan fingerprint density at radius 3 is 2.71 bits per heavy atom. The van der Waals surface area contributed by atoms with E-state index in [0.717, 1.165) is 11.4 Å². The van der Waals surface area contributed by atoms with Crippen LogP contribution in [0.25, 0.3) is 0 Å². The fourth-order valence-electron chi connectivity index (χ4n) is 1.94. The number of rotatable bonds is 5. The SMILES string of the molecule is CCn1cc(NC(=O)c2ccc(CN(C)C)s2)ccc1=O. The van der Waals surface area contributed by atoms with E-state index in [4.69, 9.17) is 0 Å². The van der Waals surface area contributed by atoms with Crippen molar-refractivity contribution in [1.82, 2.24) is 9.47 Å². The van der Waals surface area contributed by atoms with Crippen LogP contribution in [0.4, 0.5) is 5.69 Å². The number of anilines is 1. The molecule has 0 bridgehead atoms. The number of nitrogens with zero attached hydrogens (tertiary/aromatic N) is 2. The third kappa shape index (κ3) is 4.03. The molecule has 0 atom stereocenters. The van der Waals surface area contributed by atoms with Gasteiger partial charge >= 0.3 is 0 Å². The Labute approximate surface area is 127 Å². The Balaban J connectivity index is 2.10. The molecule has 1 N–H and O–H groups in total. The van der Waals surface area contributed by atoms with E-state index in [-0.39, 0.29) is 11.5 Å². The first-order valence-corrected chi connectivity index (χ1v) is 7.56. The predicted molar refractivity (Wildman–Crippen MR) is 86.0 cm³/mol. The number of carbonyl (C=O) groups is 1. The Kier molecular flexibility index (Phi) is 4.93. The summed E-state index contributed by atoms with van der Waals surface area (Å²) in [6, 6.07) is 6.88. The number of pyridine rings is 1. The van der Waals surface area contributed by atoms with E-state index in [1.807, 2.05) is 33.2 Å². The molecule has 112 valence electrons. The molecule has 2 rings (SSSR count). The summed E-state index contributed by atoms with van der Waals surface area (Å²) in [5.41, 5.74) is 0.559. The van der Waals surface area contributed by atoms with Gasteiger partial charge in [-0.05, 0) is 39.2 Å². The number of amides is 1. The number of hydrogen-bond donors (Lipinski definition) is 1. The second-order valence-electron chi connectivity index (χ2n) is 5.00. The number of carbonyl (C=O) groups excluding carboxylic acids is 1. The lowest BCUT2D eigenvalue weighted by Crippen LogP contribution is -2.19. The number of nitrogens with one attached hydrogen (secondary N) is 1. The highest BCUT2D eigenvalue weighted by atomic mass is 32.1. The van der Waals surface area contributed by atoms with Crippen molar-refractivity contribution in [3.05, 3.63) is 50.6 Å². The van der Waals surface area contributed by atoms with Gasteiger partial charge in [0.1, 0.15) is 0 Å². The summed E-state index contributed by atoms with van der Waals surface area (Å²) < 4.78 is 1.56. The van der Waals surface area contributed by atoms with Crippen molar-refractivity contribution in [2.75, 3.05) is 19.4 Å². The molecule has 2 aromatic rings. The molecule has 21 heavy (non-hydrogen) atoms. The van der Waals surface area contributed by atoms with Crippen molar-refractivity contribution in [2.24, 2.45) is 0 Å². The van der Waals surface area contributed by atoms with E-state index in [1.54, 1.807) is 16.8 Å². The lowest BCUT2D eigenvalue weighted by molar-refractivity contribution is 0.103. The largest absolute Gasteiger partial charge is 0.320 e. The zero-order valence-corrected chi connectivity index (χ0v) is 13.2. The van der Waals surface area contributed by atoms with E-state index < -0.39 is 0 Å². The zero-order chi connectivity index (χ0) is 15.4. The first-order chi connectivity index (χ1) is 9.99. The van der Waals surface area contributed by atoms with E-state index in [0.29, 0.717) is 17.1 Å². The van der Waals surface area contributed by atoms with Gasteiger partial charge < -0.3 is 14.8 Å². The maximum Gasteiger partial charge on any atom is 0.265 e. The lowest BCUT2D eigenvalue weighted by atomic mass is 10.3. The Morgan fingerprint density at radius 1 is 1.29 bits per heavy atom. The summed E-state index contributed by atoms with van der Waals surface area (Å²) in [7, 11) is 3.99. The van der Waals surface area contributed by atoms with Gasteiger partial charge in [0.25, 0.3) is 11.5 Å². The summed E-state index contributed by atoms with van der Waals surface area (Å²) in [5, 5.41) is 2.82. The van der Waals surface area contributed by atoms with Crippen molar-refractivity contribution in [3.8, 4) is 0 Å². The molecule has 0 fully saturated rings. The lowest BCUT2D eigenvalue weighted by Gasteiger charge is -2.07. The molecule has 0 spiro atoms. The third-order valence-electron chi connectivity index (χ3n) is 2.94. The number of aryl methyl sites for hydroxylation is 1. The maximum absolute atomic E-state index is 12.2. The highest BCUT2D eigenvalue weighted by Crippen LogP contribution is 2.19. The van der Waals surface area contributed by atoms with Crippen molar-refractivity contribution < 1.29 is 4.79 Å². The van der Waals surface area contributed by atoms with Crippen LogP contribution in [0.5, 0.6) is 0 Å². The molecule has 0 saturated carbocycles. The number of hydrogen-bond acceptors (Lipinski definition) is 4. The van der Waals surface area contributed by atoms with Crippen LogP contribution in [0, 0.1) is 0 Å². The third-order valence-corrected chi connectivity index (χ3v) is 4.01. The normalized spacial score (nSPS) is 10.9. The maximum atomic E-state index is 12.2. The molecular weight excluding hydrogens is 286 g/mol. The van der Waals surface area contributed by atoms with Crippen molar-refractivity contribution in [2.45, 2.75) is 20.0 Å². The van der Waals surface area contributed by atoms with E-state index in [9.17, 15) is 9.59 Å². The van der Waals surface area contributed by atoms with Crippen LogP contribution >= 0.6 is 11.3 Å². The van der Waals surface area contributed by atoms with Gasteiger partial charge in [-0.2, -0.15) is 0 Å². The average Bonchev–Trinajstić information content (AvgIpc) is 2.88. The van der Waals surface area contributed by atoms with Gasteiger partial charge in [-0.25, -0.2) is 0 Å². The predicted octanol–water partition coefficient (Wildman–Crippen LogP) is 2.24. The van der Waals surface area contributed by atoms with Gasteiger partial charge in [0.05, 0.1) is 10.6 Å². The Bertz CT molecular complexity index is 688. The second kappa shape index (κ2) is 6.69. The first-order valence-electron chi connectivity index (χ1n) is 6.75. The summed E-state index contributed by atoms with van der Waals surface area (Å²) in [6.07, 6.45) is 1.66. The second-order valence-corrected chi connectivity index (χ2v) is 6.17. The fourth-order valence-corrected chi connectivity index (χ4v) is 2.96. The number of thiophene rings is 1. The van der Waals surface area contributed by atoms with Crippen LogP contribution in [0.2, 0.25) is 0 Å². The quantitative estimate of drug-likeness (QED) is 0.922. The summed E-state index contributed by atoms with van der Waals surface area (Å²) in [6.45, 7) is 3.28. The molecule has 0 unspecified atom stereocenters. The Morgan fingerprint density at radius 2 is 2.05 bits per heavy atom. The zero-order valence-electron chi connectivity index (χ0n) is 12.4. The van der Waals surface area contributed by atoms with E-state index in [1.165, 1.54) is 17.4 Å². The molecule has 0 aliphatic carbocycles. The van der Waals surface area contributed by atoms with Gasteiger partial charge in [-0.1, -0.05) is 0 Å². The average molecular weight is 305 g/mol.